The second-order valence-electron chi connectivity index (χ2n) is 4.54. The lowest BCUT2D eigenvalue weighted by atomic mass is 10.3. The van der Waals surface area contributed by atoms with E-state index >= 15 is 0 Å². The fraction of sp³-hybridized carbons (Fsp3) is 0.286. The van der Waals surface area contributed by atoms with E-state index in [1.807, 2.05) is 19.1 Å². The zero-order valence-electron chi connectivity index (χ0n) is 10.9. The van der Waals surface area contributed by atoms with Gasteiger partial charge in [0.05, 0.1) is 28.3 Å². The van der Waals surface area contributed by atoms with Crippen molar-refractivity contribution in [1.29, 1.82) is 0 Å². The summed E-state index contributed by atoms with van der Waals surface area (Å²) in [6.45, 7) is 2.77. The van der Waals surface area contributed by atoms with E-state index in [0.29, 0.717) is 5.88 Å². The maximum atomic E-state index is 5.90. The number of fused-ring (bicyclic) bond motifs is 1. The minimum Gasteiger partial charge on any atom is -0.322 e. The molecule has 0 bridgehead atoms. The van der Waals surface area contributed by atoms with Gasteiger partial charge in [0.15, 0.2) is 0 Å². The van der Waals surface area contributed by atoms with Crippen molar-refractivity contribution in [1.82, 2.24) is 14.5 Å². The Labute approximate surface area is 134 Å². The summed E-state index contributed by atoms with van der Waals surface area (Å²) in [4.78, 5) is 9.23. The van der Waals surface area contributed by atoms with Crippen molar-refractivity contribution in [2.45, 2.75) is 19.9 Å². The monoisotopic (exact) mass is 369 g/mol. The van der Waals surface area contributed by atoms with E-state index in [1.54, 1.807) is 11.3 Å². The van der Waals surface area contributed by atoms with Crippen LogP contribution in [-0.2, 0) is 13.0 Å². The summed E-state index contributed by atoms with van der Waals surface area (Å²) in [5.74, 6) is 1.58. The van der Waals surface area contributed by atoms with Crippen molar-refractivity contribution in [2.75, 3.05) is 5.88 Å². The minimum atomic E-state index is 0.570. The molecule has 1 aromatic carbocycles. The van der Waals surface area contributed by atoms with Crippen LogP contribution < -0.4 is 0 Å². The predicted molar refractivity (Wildman–Crippen MR) is 87.8 cm³/mol. The lowest BCUT2D eigenvalue weighted by Gasteiger charge is -2.06. The maximum absolute atomic E-state index is 5.90. The Morgan fingerprint density at radius 3 is 2.90 bits per heavy atom. The van der Waals surface area contributed by atoms with Gasteiger partial charge in [0.2, 0.25) is 0 Å². The molecule has 0 saturated heterocycles. The zero-order chi connectivity index (χ0) is 14.1. The molecule has 0 unspecified atom stereocenters. The van der Waals surface area contributed by atoms with Gasteiger partial charge >= 0.3 is 0 Å². The van der Waals surface area contributed by atoms with Gasteiger partial charge in [0.25, 0.3) is 0 Å². The van der Waals surface area contributed by atoms with Crippen LogP contribution in [0.25, 0.3) is 11.0 Å². The molecule has 3 aromatic rings. The molecule has 0 saturated carbocycles. The maximum Gasteiger partial charge on any atom is 0.111 e. The van der Waals surface area contributed by atoms with Crippen molar-refractivity contribution >= 4 is 49.9 Å². The molecule has 0 N–H and O–H groups in total. The molecular formula is C14H13BrClN3S. The van der Waals surface area contributed by atoms with Gasteiger partial charge in [-0.25, -0.2) is 9.97 Å². The van der Waals surface area contributed by atoms with Crippen molar-refractivity contribution < 1.29 is 0 Å². The Balaban J connectivity index is 2.08. The average molecular weight is 371 g/mol. The first-order chi connectivity index (χ1) is 9.67. The van der Waals surface area contributed by atoms with Crippen molar-refractivity contribution in [3.8, 4) is 0 Å². The molecule has 0 fully saturated rings. The van der Waals surface area contributed by atoms with E-state index in [1.165, 1.54) is 0 Å². The topological polar surface area (TPSA) is 30.7 Å². The number of benzene rings is 1. The summed E-state index contributed by atoms with van der Waals surface area (Å²) < 4.78 is 3.25. The number of nitrogens with zero attached hydrogens (tertiary/aromatic N) is 3. The molecular weight excluding hydrogens is 358 g/mol. The van der Waals surface area contributed by atoms with Gasteiger partial charge in [-0.3, -0.25) is 0 Å². The lowest BCUT2D eigenvalue weighted by molar-refractivity contribution is 0.740. The summed E-state index contributed by atoms with van der Waals surface area (Å²) in [6.07, 6.45) is 0.761. The van der Waals surface area contributed by atoms with E-state index < -0.39 is 0 Å². The number of halogens is 2. The van der Waals surface area contributed by atoms with E-state index in [4.69, 9.17) is 16.6 Å². The fourth-order valence-electron chi connectivity index (χ4n) is 2.25. The third-order valence-corrected chi connectivity index (χ3v) is 4.60. The molecule has 3 rings (SSSR count). The summed E-state index contributed by atoms with van der Waals surface area (Å²) in [5.41, 5.74) is 3.19. The Morgan fingerprint density at radius 2 is 2.20 bits per heavy atom. The smallest absolute Gasteiger partial charge is 0.111 e. The molecule has 0 aliphatic rings. The van der Waals surface area contributed by atoms with Gasteiger partial charge in [-0.1, -0.05) is 15.9 Å². The first kappa shape index (κ1) is 14.0. The van der Waals surface area contributed by atoms with Gasteiger partial charge < -0.3 is 4.57 Å². The van der Waals surface area contributed by atoms with E-state index in [-0.39, 0.29) is 0 Å². The molecule has 0 spiro atoms. The molecule has 0 atom stereocenters. The number of alkyl halides is 1. The van der Waals surface area contributed by atoms with Crippen LogP contribution in [0.5, 0.6) is 0 Å². The quantitative estimate of drug-likeness (QED) is 0.638. The summed E-state index contributed by atoms with van der Waals surface area (Å²) in [6, 6.07) is 6.16. The van der Waals surface area contributed by atoms with Gasteiger partial charge in [-0.2, -0.15) is 0 Å². The molecule has 2 aromatic heterocycles. The first-order valence-electron chi connectivity index (χ1n) is 6.29. The van der Waals surface area contributed by atoms with Gasteiger partial charge in [-0.15, -0.1) is 22.9 Å². The number of rotatable bonds is 4. The molecule has 6 heteroatoms. The summed E-state index contributed by atoms with van der Waals surface area (Å²) in [5, 5.41) is 3.19. The highest BCUT2D eigenvalue weighted by molar-refractivity contribution is 9.10. The predicted octanol–water partition coefficient (Wildman–Crippen LogP) is 4.39. The van der Waals surface area contributed by atoms with Crippen LogP contribution >= 0.6 is 38.9 Å². The van der Waals surface area contributed by atoms with Crippen LogP contribution in [0.15, 0.2) is 28.1 Å². The van der Waals surface area contributed by atoms with Crippen molar-refractivity contribution in [3.63, 3.8) is 0 Å². The Bertz CT molecular complexity index is 750. The first-order valence-corrected chi connectivity index (χ1v) is 8.49. The molecule has 2 heterocycles. The molecule has 0 aliphatic carbocycles. The Hall–Kier alpha value is -0.910. The number of thiazole rings is 1. The molecule has 3 nitrogen and oxygen atoms in total. The highest BCUT2D eigenvalue weighted by Gasteiger charge is 2.12. The van der Waals surface area contributed by atoms with Crippen LogP contribution in [0, 0.1) is 6.92 Å². The number of aryl methyl sites for hydroxylation is 2. The third kappa shape index (κ3) is 2.75. The molecule has 0 amide bonds. The number of hydrogen-bond donors (Lipinski definition) is 0. The average Bonchev–Trinajstić information content (AvgIpc) is 2.95. The van der Waals surface area contributed by atoms with Gasteiger partial charge in [0.1, 0.15) is 5.82 Å². The summed E-state index contributed by atoms with van der Waals surface area (Å²) in [7, 11) is 0. The third-order valence-electron chi connectivity index (χ3n) is 3.09. The number of aromatic nitrogens is 3. The van der Waals surface area contributed by atoms with Crippen LogP contribution in [0.4, 0.5) is 0 Å². The highest BCUT2D eigenvalue weighted by atomic mass is 79.9. The second kappa shape index (κ2) is 5.84. The standard InChI is InChI=1S/C14H13BrClN3S/c1-9-17-11(8-20-9)7-19-13-3-2-10(15)6-12(13)18-14(19)4-5-16/h2-3,6,8H,4-5,7H2,1H3. The normalized spacial score (nSPS) is 11.3. The summed E-state index contributed by atoms with van der Waals surface area (Å²) >= 11 is 11.1. The molecule has 104 valence electrons. The molecule has 20 heavy (non-hydrogen) atoms. The lowest BCUT2D eigenvalue weighted by Crippen LogP contribution is -2.06. The van der Waals surface area contributed by atoms with Crippen molar-refractivity contribution in [2.24, 2.45) is 0 Å². The SMILES string of the molecule is Cc1nc(Cn2c(CCCl)nc3cc(Br)ccc32)cs1. The Morgan fingerprint density at radius 1 is 1.35 bits per heavy atom. The fourth-order valence-corrected chi connectivity index (χ4v) is 3.37. The number of imidazole rings is 1. The Kier molecular flexibility index (Phi) is 4.10. The van der Waals surface area contributed by atoms with Crippen LogP contribution in [-0.4, -0.2) is 20.4 Å². The van der Waals surface area contributed by atoms with E-state index in [9.17, 15) is 0 Å². The zero-order valence-corrected chi connectivity index (χ0v) is 14.1. The molecule has 0 aliphatic heterocycles. The van der Waals surface area contributed by atoms with Crippen LogP contribution in [0.3, 0.4) is 0 Å². The second-order valence-corrected chi connectivity index (χ2v) is 6.90. The van der Waals surface area contributed by atoms with Gasteiger partial charge in [0, 0.05) is 22.2 Å². The van der Waals surface area contributed by atoms with Gasteiger partial charge in [-0.05, 0) is 25.1 Å². The number of hydrogen-bond acceptors (Lipinski definition) is 3. The minimum absolute atomic E-state index is 0.570. The molecule has 0 radical (unpaired) electrons. The van der Waals surface area contributed by atoms with E-state index in [0.717, 1.165) is 45.0 Å². The van der Waals surface area contributed by atoms with Crippen LogP contribution in [0.1, 0.15) is 16.5 Å². The van der Waals surface area contributed by atoms with E-state index in [2.05, 4.69) is 36.9 Å². The highest BCUT2D eigenvalue weighted by Crippen LogP contribution is 2.23. The van der Waals surface area contributed by atoms with Crippen molar-refractivity contribution in [3.05, 3.63) is 44.6 Å². The largest absolute Gasteiger partial charge is 0.322 e. The van der Waals surface area contributed by atoms with Crippen LogP contribution in [0.2, 0.25) is 0 Å².